The molecule has 0 saturated carbocycles. The Kier molecular flexibility index (Phi) is 55.0. The van der Waals surface area contributed by atoms with Crippen LogP contribution < -0.4 is 5.32 Å². The van der Waals surface area contributed by atoms with Gasteiger partial charge in [0.25, 0.3) is 0 Å². The standard InChI is InChI=1S/C60H117NO5/c1-3-5-7-9-11-13-15-17-19-20-21-22-23-24-25-26-28-29-32-36-40-44-48-52-58(63)57(56-62)61-59(64)53-49-45-41-37-33-31-35-39-43-47-51-55-66-60(65)54-50-46-42-38-34-30-27-18-16-14-12-10-8-6-4-2/h48,52,57-58,62-63H,3-47,49-51,53-56H2,1-2H3,(H,61,64)/b52-48+. The lowest BCUT2D eigenvalue weighted by atomic mass is 10.0. The molecule has 66 heavy (non-hydrogen) atoms. The summed E-state index contributed by atoms with van der Waals surface area (Å²) in [5.74, 6) is -0.0940. The number of carbonyl (C=O) groups is 2. The number of rotatable bonds is 56. The average Bonchev–Trinajstić information content (AvgIpc) is 3.32. The van der Waals surface area contributed by atoms with E-state index in [4.69, 9.17) is 4.74 Å². The molecule has 2 atom stereocenters. The van der Waals surface area contributed by atoms with Gasteiger partial charge in [0.1, 0.15) is 0 Å². The third-order valence-electron chi connectivity index (χ3n) is 14.1. The number of allylic oxidation sites excluding steroid dienone is 1. The molecule has 0 bridgehead atoms. The van der Waals surface area contributed by atoms with Crippen LogP contribution >= 0.6 is 0 Å². The molecule has 6 nitrogen and oxygen atoms in total. The number of aliphatic hydroxyl groups excluding tert-OH is 2. The molecule has 0 saturated heterocycles. The van der Waals surface area contributed by atoms with Crippen molar-refractivity contribution >= 4 is 11.9 Å². The van der Waals surface area contributed by atoms with Gasteiger partial charge in [0, 0.05) is 12.8 Å². The van der Waals surface area contributed by atoms with E-state index in [-0.39, 0.29) is 18.5 Å². The molecule has 2 unspecified atom stereocenters. The molecule has 1 amide bonds. The summed E-state index contributed by atoms with van der Waals surface area (Å²) < 4.78 is 5.47. The van der Waals surface area contributed by atoms with Crippen molar-refractivity contribution in [3.05, 3.63) is 12.2 Å². The van der Waals surface area contributed by atoms with Crippen LogP contribution in [0.5, 0.6) is 0 Å². The van der Waals surface area contributed by atoms with Crippen LogP contribution in [-0.4, -0.2) is 47.4 Å². The average molecular weight is 933 g/mol. The van der Waals surface area contributed by atoms with Gasteiger partial charge >= 0.3 is 5.97 Å². The molecule has 392 valence electrons. The van der Waals surface area contributed by atoms with Crippen molar-refractivity contribution in [3.63, 3.8) is 0 Å². The van der Waals surface area contributed by atoms with Gasteiger partial charge in [-0.3, -0.25) is 9.59 Å². The van der Waals surface area contributed by atoms with E-state index >= 15 is 0 Å². The molecule has 0 aliphatic rings. The van der Waals surface area contributed by atoms with E-state index in [0.717, 1.165) is 57.8 Å². The van der Waals surface area contributed by atoms with Crippen molar-refractivity contribution in [2.75, 3.05) is 13.2 Å². The van der Waals surface area contributed by atoms with Crippen molar-refractivity contribution in [1.29, 1.82) is 0 Å². The van der Waals surface area contributed by atoms with Crippen molar-refractivity contribution in [2.45, 2.75) is 347 Å². The van der Waals surface area contributed by atoms with E-state index in [1.54, 1.807) is 6.08 Å². The highest BCUT2D eigenvalue weighted by molar-refractivity contribution is 5.76. The second-order valence-electron chi connectivity index (χ2n) is 20.7. The lowest BCUT2D eigenvalue weighted by Gasteiger charge is -2.20. The highest BCUT2D eigenvalue weighted by Crippen LogP contribution is 2.18. The second-order valence-corrected chi connectivity index (χ2v) is 20.7. The van der Waals surface area contributed by atoms with Gasteiger partial charge in [-0.25, -0.2) is 0 Å². The Morgan fingerprint density at radius 2 is 0.697 bits per heavy atom. The van der Waals surface area contributed by atoms with Gasteiger partial charge in [-0.1, -0.05) is 302 Å². The Morgan fingerprint density at radius 1 is 0.409 bits per heavy atom. The van der Waals surface area contributed by atoms with Crippen LogP contribution in [0, 0.1) is 0 Å². The molecule has 0 aromatic rings. The lowest BCUT2D eigenvalue weighted by Crippen LogP contribution is -2.45. The van der Waals surface area contributed by atoms with E-state index in [1.165, 1.54) is 250 Å². The molecule has 0 rings (SSSR count). The fourth-order valence-corrected chi connectivity index (χ4v) is 9.46. The van der Waals surface area contributed by atoms with Crippen LogP contribution in [-0.2, 0) is 14.3 Å². The molecule has 6 heteroatoms. The summed E-state index contributed by atoms with van der Waals surface area (Å²) >= 11 is 0. The number of carbonyl (C=O) groups excluding carboxylic acids is 2. The third kappa shape index (κ3) is 52.0. The molecular weight excluding hydrogens is 815 g/mol. The SMILES string of the molecule is CCCCCCCCCCCCCCCCCCCCCCC/C=C/C(O)C(CO)NC(=O)CCCCCCCCCCCCCOC(=O)CCCCCCCCCCCCCCCCC. The highest BCUT2D eigenvalue weighted by atomic mass is 16.5. The quantitative estimate of drug-likeness (QED) is 0.0321. The maximum atomic E-state index is 12.5. The fraction of sp³-hybridized carbons (Fsp3) is 0.933. The zero-order chi connectivity index (χ0) is 47.9. The number of esters is 1. The smallest absolute Gasteiger partial charge is 0.305 e. The molecule has 0 aliphatic heterocycles. The van der Waals surface area contributed by atoms with Crippen molar-refractivity contribution in [2.24, 2.45) is 0 Å². The summed E-state index contributed by atoms with van der Waals surface area (Å²) in [6, 6.07) is -0.642. The monoisotopic (exact) mass is 932 g/mol. The topological polar surface area (TPSA) is 95.9 Å². The van der Waals surface area contributed by atoms with Crippen LogP contribution in [0.2, 0.25) is 0 Å². The van der Waals surface area contributed by atoms with E-state index in [0.29, 0.717) is 19.4 Å². The molecule has 0 radical (unpaired) electrons. The number of hydrogen-bond donors (Lipinski definition) is 3. The summed E-state index contributed by atoms with van der Waals surface area (Å²) in [5, 5.41) is 23.2. The minimum Gasteiger partial charge on any atom is -0.466 e. The maximum absolute atomic E-state index is 12.5. The summed E-state index contributed by atoms with van der Waals surface area (Å²) in [5.41, 5.74) is 0. The van der Waals surface area contributed by atoms with Gasteiger partial charge in [-0.2, -0.15) is 0 Å². The van der Waals surface area contributed by atoms with Crippen LogP contribution in [0.15, 0.2) is 12.2 Å². The van der Waals surface area contributed by atoms with Crippen LogP contribution in [0.25, 0.3) is 0 Å². The summed E-state index contributed by atoms with van der Waals surface area (Å²) in [4.78, 5) is 24.6. The summed E-state index contributed by atoms with van der Waals surface area (Å²) in [6.45, 7) is 4.89. The Labute approximate surface area is 412 Å². The number of aliphatic hydroxyl groups is 2. The maximum Gasteiger partial charge on any atom is 0.305 e. The Bertz CT molecular complexity index is 986. The van der Waals surface area contributed by atoms with Crippen LogP contribution in [0.4, 0.5) is 0 Å². The Morgan fingerprint density at radius 3 is 1.03 bits per heavy atom. The van der Waals surface area contributed by atoms with Crippen LogP contribution in [0.1, 0.15) is 335 Å². The summed E-state index contributed by atoms with van der Waals surface area (Å²) in [6.07, 6.45) is 66.6. The fourth-order valence-electron chi connectivity index (χ4n) is 9.46. The van der Waals surface area contributed by atoms with E-state index in [1.807, 2.05) is 6.08 Å². The minimum atomic E-state index is -0.857. The number of ether oxygens (including phenoxy) is 1. The molecule has 0 aromatic carbocycles. The first kappa shape index (κ1) is 64.6. The van der Waals surface area contributed by atoms with Crippen molar-refractivity contribution < 1.29 is 24.5 Å². The summed E-state index contributed by atoms with van der Waals surface area (Å²) in [7, 11) is 0. The first-order chi connectivity index (χ1) is 32.5. The number of amides is 1. The van der Waals surface area contributed by atoms with Gasteiger partial charge in [-0.05, 0) is 32.1 Å². The van der Waals surface area contributed by atoms with Gasteiger partial charge in [0.2, 0.25) is 5.91 Å². The first-order valence-electron chi connectivity index (χ1n) is 30.0. The Balaban J connectivity index is 3.48. The zero-order valence-corrected chi connectivity index (χ0v) is 44.7. The van der Waals surface area contributed by atoms with Gasteiger partial charge in [0.05, 0.1) is 25.4 Å². The van der Waals surface area contributed by atoms with Crippen LogP contribution in [0.3, 0.4) is 0 Å². The van der Waals surface area contributed by atoms with Crippen molar-refractivity contribution in [1.82, 2.24) is 5.32 Å². The number of hydrogen-bond acceptors (Lipinski definition) is 5. The third-order valence-corrected chi connectivity index (χ3v) is 14.1. The van der Waals surface area contributed by atoms with Gasteiger partial charge in [-0.15, -0.1) is 0 Å². The molecule has 0 fully saturated rings. The predicted molar refractivity (Wildman–Crippen MR) is 287 cm³/mol. The minimum absolute atomic E-state index is 0.0114. The van der Waals surface area contributed by atoms with E-state index in [9.17, 15) is 19.8 Å². The molecule has 0 heterocycles. The van der Waals surface area contributed by atoms with Gasteiger partial charge in [0.15, 0.2) is 0 Å². The molecule has 3 N–H and O–H groups in total. The normalized spacial score (nSPS) is 12.6. The second kappa shape index (κ2) is 56.2. The molecule has 0 spiro atoms. The lowest BCUT2D eigenvalue weighted by molar-refractivity contribution is -0.143. The van der Waals surface area contributed by atoms with Crippen molar-refractivity contribution in [3.8, 4) is 0 Å². The first-order valence-corrected chi connectivity index (χ1v) is 30.0. The molecular formula is C60H117NO5. The van der Waals surface area contributed by atoms with Gasteiger partial charge < -0.3 is 20.3 Å². The molecule has 0 aliphatic carbocycles. The zero-order valence-electron chi connectivity index (χ0n) is 44.7. The van der Waals surface area contributed by atoms with E-state index < -0.39 is 12.1 Å². The Hall–Kier alpha value is -1.40. The van der Waals surface area contributed by atoms with E-state index in [2.05, 4.69) is 19.2 Å². The number of nitrogens with one attached hydrogen (secondary N) is 1. The number of unbranched alkanes of at least 4 members (excludes halogenated alkanes) is 45. The largest absolute Gasteiger partial charge is 0.466 e. The predicted octanol–water partition coefficient (Wildman–Crippen LogP) is 18.5. The molecule has 0 aromatic heterocycles. The highest BCUT2D eigenvalue weighted by Gasteiger charge is 2.18.